The summed E-state index contributed by atoms with van der Waals surface area (Å²) in [6, 6.07) is 14.4. The number of aryl methyl sites for hydroxylation is 2. The number of piperazine rings is 1. The lowest BCUT2D eigenvalue weighted by molar-refractivity contribution is 0.200. The zero-order chi connectivity index (χ0) is 18.1. The summed E-state index contributed by atoms with van der Waals surface area (Å²) in [5.41, 5.74) is 4.76. The van der Waals surface area contributed by atoms with Crippen LogP contribution in [0.2, 0.25) is 5.02 Å². The maximum absolute atomic E-state index is 13.1. The van der Waals surface area contributed by atoms with E-state index < -0.39 is 0 Å². The minimum absolute atomic E-state index is 0.123. The molecule has 0 bridgehead atoms. The van der Waals surface area contributed by atoms with Crippen molar-refractivity contribution in [1.29, 1.82) is 0 Å². The van der Waals surface area contributed by atoms with Gasteiger partial charge in [-0.15, -0.1) is 0 Å². The quantitative estimate of drug-likeness (QED) is 0.747. The molecule has 4 nitrogen and oxygen atoms in total. The van der Waals surface area contributed by atoms with Gasteiger partial charge in [0.25, 0.3) is 0 Å². The van der Waals surface area contributed by atoms with E-state index in [1.54, 1.807) is 0 Å². The third-order valence-corrected chi connectivity index (χ3v) is 5.63. The molecule has 2 aromatic rings. The van der Waals surface area contributed by atoms with Gasteiger partial charge < -0.3 is 9.80 Å². The number of fused-ring (bicyclic) bond motifs is 1. The Kier molecular flexibility index (Phi) is 4.77. The van der Waals surface area contributed by atoms with Crippen molar-refractivity contribution < 1.29 is 4.79 Å². The zero-order valence-corrected chi connectivity index (χ0v) is 15.9. The lowest BCUT2D eigenvalue weighted by atomic mass is 10.0. The second-order valence-corrected chi connectivity index (χ2v) is 7.51. The highest BCUT2D eigenvalue weighted by atomic mass is 35.5. The number of anilines is 2. The molecule has 0 aromatic heterocycles. The number of hydrogen-bond acceptors (Lipinski definition) is 2. The van der Waals surface area contributed by atoms with E-state index in [1.165, 1.54) is 16.8 Å². The number of urea groups is 1. The Bertz CT molecular complexity index is 815. The lowest BCUT2D eigenvalue weighted by Gasteiger charge is -2.40. The van der Waals surface area contributed by atoms with Crippen LogP contribution in [0, 0.1) is 6.92 Å². The normalized spacial score (nSPS) is 17.2. The summed E-state index contributed by atoms with van der Waals surface area (Å²) >= 11 is 6.12. The van der Waals surface area contributed by atoms with Crippen molar-refractivity contribution in [3.8, 4) is 0 Å². The molecular formula is C21H24ClN3O. The number of nitrogens with zero attached hydrogens (tertiary/aromatic N) is 3. The molecular weight excluding hydrogens is 346 g/mol. The molecule has 0 aliphatic carbocycles. The molecule has 2 aliphatic heterocycles. The number of carbonyl (C=O) groups excluding carboxylic acids is 1. The van der Waals surface area contributed by atoms with Crippen LogP contribution in [-0.4, -0.2) is 43.7 Å². The van der Waals surface area contributed by atoms with Gasteiger partial charge in [0.15, 0.2) is 0 Å². The van der Waals surface area contributed by atoms with Crippen LogP contribution >= 0.6 is 11.6 Å². The second kappa shape index (κ2) is 7.20. The van der Waals surface area contributed by atoms with E-state index >= 15 is 0 Å². The van der Waals surface area contributed by atoms with Gasteiger partial charge >= 0.3 is 6.03 Å². The van der Waals surface area contributed by atoms with E-state index in [0.29, 0.717) is 0 Å². The summed E-state index contributed by atoms with van der Waals surface area (Å²) in [5.74, 6) is 0. The molecule has 2 aromatic carbocycles. The highest BCUT2D eigenvalue weighted by Gasteiger charge is 2.29. The molecule has 136 valence electrons. The molecule has 5 heteroatoms. The predicted molar refractivity (Wildman–Crippen MR) is 107 cm³/mol. The molecule has 2 amide bonds. The van der Waals surface area contributed by atoms with Crippen molar-refractivity contribution in [1.82, 2.24) is 4.90 Å². The second-order valence-electron chi connectivity index (χ2n) is 7.07. The molecule has 1 saturated heterocycles. The van der Waals surface area contributed by atoms with Crippen LogP contribution in [0.5, 0.6) is 0 Å². The Hall–Kier alpha value is -2.20. The van der Waals surface area contributed by atoms with Crippen molar-refractivity contribution in [2.24, 2.45) is 0 Å². The van der Waals surface area contributed by atoms with Crippen LogP contribution in [0.15, 0.2) is 42.5 Å². The number of hydrogen-bond donors (Lipinski definition) is 0. The molecule has 0 N–H and O–H groups in total. The van der Waals surface area contributed by atoms with E-state index in [4.69, 9.17) is 11.6 Å². The first kappa shape index (κ1) is 17.2. The number of rotatable bonds is 1. The molecule has 4 rings (SSSR count). The van der Waals surface area contributed by atoms with Gasteiger partial charge in [-0.1, -0.05) is 29.8 Å². The van der Waals surface area contributed by atoms with E-state index in [1.807, 2.05) is 28.0 Å². The molecule has 0 saturated carbocycles. The highest BCUT2D eigenvalue weighted by molar-refractivity contribution is 6.30. The van der Waals surface area contributed by atoms with Gasteiger partial charge in [0.2, 0.25) is 0 Å². The fourth-order valence-electron chi connectivity index (χ4n) is 3.99. The first-order valence-corrected chi connectivity index (χ1v) is 9.67. The van der Waals surface area contributed by atoms with Crippen LogP contribution in [0.25, 0.3) is 0 Å². The number of benzene rings is 2. The van der Waals surface area contributed by atoms with Gasteiger partial charge in [0, 0.05) is 49.1 Å². The topological polar surface area (TPSA) is 26.8 Å². The van der Waals surface area contributed by atoms with Gasteiger partial charge in [-0.25, -0.2) is 4.79 Å². The molecule has 0 unspecified atom stereocenters. The molecule has 2 aliphatic rings. The molecule has 26 heavy (non-hydrogen) atoms. The number of carbonyl (C=O) groups is 1. The van der Waals surface area contributed by atoms with E-state index in [-0.39, 0.29) is 6.03 Å². The first-order chi connectivity index (χ1) is 12.6. The maximum atomic E-state index is 13.1. The average molecular weight is 370 g/mol. The molecule has 0 spiro atoms. The Morgan fingerprint density at radius 3 is 2.50 bits per heavy atom. The summed E-state index contributed by atoms with van der Waals surface area (Å²) < 4.78 is 0. The number of halogens is 1. The standard InChI is InChI=1S/C21H24ClN3O/c1-16-5-2-3-7-19(16)23-11-13-24(14-12-23)21(26)25-10-4-6-17-15-18(22)8-9-20(17)25/h2-3,5,7-9,15H,4,6,10-14H2,1H3. The maximum Gasteiger partial charge on any atom is 0.324 e. The fraction of sp³-hybridized carbons (Fsp3) is 0.381. The minimum Gasteiger partial charge on any atom is -0.368 e. The van der Waals surface area contributed by atoms with Crippen molar-refractivity contribution in [3.05, 3.63) is 58.6 Å². The fourth-order valence-corrected chi connectivity index (χ4v) is 4.19. The predicted octanol–water partition coefficient (Wildman–Crippen LogP) is 4.34. The largest absolute Gasteiger partial charge is 0.368 e. The molecule has 0 radical (unpaired) electrons. The molecule has 0 atom stereocenters. The smallest absolute Gasteiger partial charge is 0.324 e. The van der Waals surface area contributed by atoms with Gasteiger partial charge in [0.05, 0.1) is 0 Å². The molecule has 1 fully saturated rings. The Morgan fingerprint density at radius 1 is 0.962 bits per heavy atom. The minimum atomic E-state index is 0.123. The summed E-state index contributed by atoms with van der Waals surface area (Å²) in [7, 11) is 0. The van der Waals surface area contributed by atoms with Crippen molar-refractivity contribution >= 4 is 29.0 Å². The van der Waals surface area contributed by atoms with Crippen molar-refractivity contribution in [2.45, 2.75) is 19.8 Å². The highest BCUT2D eigenvalue weighted by Crippen LogP contribution is 2.31. The summed E-state index contributed by atoms with van der Waals surface area (Å²) in [4.78, 5) is 19.4. The summed E-state index contributed by atoms with van der Waals surface area (Å²) in [6.45, 7) is 6.18. The Balaban J connectivity index is 1.46. The average Bonchev–Trinajstić information content (AvgIpc) is 2.67. The van der Waals surface area contributed by atoms with Crippen LogP contribution in [0.3, 0.4) is 0 Å². The van der Waals surface area contributed by atoms with Crippen LogP contribution < -0.4 is 9.80 Å². The van der Waals surface area contributed by atoms with Crippen LogP contribution in [-0.2, 0) is 6.42 Å². The third-order valence-electron chi connectivity index (χ3n) is 5.40. The number of amides is 2. The van der Waals surface area contributed by atoms with E-state index in [0.717, 1.165) is 56.3 Å². The van der Waals surface area contributed by atoms with Gasteiger partial charge in [-0.2, -0.15) is 0 Å². The SMILES string of the molecule is Cc1ccccc1N1CCN(C(=O)N2CCCc3cc(Cl)ccc32)CC1. The number of para-hydroxylation sites is 1. The summed E-state index contributed by atoms with van der Waals surface area (Å²) in [6.07, 6.45) is 1.98. The zero-order valence-electron chi connectivity index (χ0n) is 15.1. The van der Waals surface area contributed by atoms with Gasteiger partial charge in [0.1, 0.15) is 0 Å². The molecule has 2 heterocycles. The van der Waals surface area contributed by atoms with Gasteiger partial charge in [-0.05, 0) is 55.2 Å². The Labute approximate surface area is 160 Å². The Morgan fingerprint density at radius 2 is 1.73 bits per heavy atom. The third kappa shape index (κ3) is 3.26. The first-order valence-electron chi connectivity index (χ1n) is 9.29. The van der Waals surface area contributed by atoms with Crippen molar-refractivity contribution in [3.63, 3.8) is 0 Å². The van der Waals surface area contributed by atoms with Gasteiger partial charge in [-0.3, -0.25) is 4.90 Å². The summed E-state index contributed by atoms with van der Waals surface area (Å²) in [5, 5.41) is 0.741. The van der Waals surface area contributed by atoms with E-state index in [2.05, 4.69) is 36.1 Å². The van der Waals surface area contributed by atoms with Crippen LogP contribution in [0.1, 0.15) is 17.5 Å². The lowest BCUT2D eigenvalue weighted by Crippen LogP contribution is -2.54. The monoisotopic (exact) mass is 369 g/mol. The van der Waals surface area contributed by atoms with Crippen LogP contribution in [0.4, 0.5) is 16.2 Å². The van der Waals surface area contributed by atoms with Crippen molar-refractivity contribution in [2.75, 3.05) is 42.5 Å². The van der Waals surface area contributed by atoms with E-state index in [9.17, 15) is 4.79 Å².